The monoisotopic (exact) mass is 229 g/mol. The molecule has 2 N–H and O–H groups in total. The highest BCUT2D eigenvalue weighted by Gasteiger charge is 2.31. The molecule has 0 unspecified atom stereocenters. The Labute approximate surface area is 99.6 Å². The summed E-state index contributed by atoms with van der Waals surface area (Å²) in [7, 11) is 0. The third kappa shape index (κ3) is 4.04. The van der Waals surface area contributed by atoms with Crippen LogP contribution in [0.4, 0.5) is 0 Å². The molecule has 0 aromatic carbocycles. The number of aliphatic hydroxyl groups is 1. The molecule has 1 rings (SSSR count). The number of ether oxygens (including phenoxy) is 1. The Balaban J connectivity index is 2.43. The molecule has 3 heteroatoms. The summed E-state index contributed by atoms with van der Waals surface area (Å²) < 4.78 is 5.41. The van der Waals surface area contributed by atoms with Crippen molar-refractivity contribution >= 4 is 0 Å². The van der Waals surface area contributed by atoms with E-state index in [1.807, 2.05) is 0 Å². The number of nitrogens with one attached hydrogen (secondary N) is 1. The summed E-state index contributed by atoms with van der Waals surface area (Å²) in [6, 6.07) is 0. The minimum absolute atomic E-state index is 0.135. The predicted molar refractivity (Wildman–Crippen MR) is 66.6 cm³/mol. The topological polar surface area (TPSA) is 41.5 Å². The Morgan fingerprint density at radius 3 is 2.38 bits per heavy atom. The largest absolute Gasteiger partial charge is 0.396 e. The van der Waals surface area contributed by atoms with Crippen molar-refractivity contribution in [2.24, 2.45) is 5.92 Å². The first-order valence-electron chi connectivity index (χ1n) is 6.70. The van der Waals surface area contributed by atoms with Crippen LogP contribution in [0.5, 0.6) is 0 Å². The van der Waals surface area contributed by atoms with Crippen LogP contribution in [0.25, 0.3) is 0 Å². The van der Waals surface area contributed by atoms with Crippen LogP contribution in [0.2, 0.25) is 0 Å². The van der Waals surface area contributed by atoms with Crippen LogP contribution in [0.15, 0.2) is 0 Å². The van der Waals surface area contributed by atoms with Crippen molar-refractivity contribution in [1.29, 1.82) is 0 Å². The van der Waals surface area contributed by atoms with Gasteiger partial charge in [-0.05, 0) is 31.7 Å². The van der Waals surface area contributed by atoms with Crippen LogP contribution in [-0.4, -0.2) is 37.0 Å². The van der Waals surface area contributed by atoms with Crippen LogP contribution in [0.1, 0.15) is 46.0 Å². The zero-order valence-corrected chi connectivity index (χ0v) is 10.8. The Hall–Kier alpha value is -0.120. The van der Waals surface area contributed by atoms with Crippen LogP contribution in [-0.2, 0) is 4.74 Å². The first kappa shape index (κ1) is 13.9. The lowest BCUT2D eigenvalue weighted by Gasteiger charge is -2.39. The van der Waals surface area contributed by atoms with Crippen LogP contribution < -0.4 is 5.32 Å². The molecule has 0 atom stereocenters. The number of hydrogen-bond acceptors (Lipinski definition) is 3. The van der Waals surface area contributed by atoms with E-state index in [-0.39, 0.29) is 12.1 Å². The molecule has 0 bridgehead atoms. The van der Waals surface area contributed by atoms with Gasteiger partial charge in [0.1, 0.15) is 0 Å². The van der Waals surface area contributed by atoms with Crippen LogP contribution in [0.3, 0.4) is 0 Å². The molecule has 1 aliphatic rings. The lowest BCUT2D eigenvalue weighted by Crippen LogP contribution is -2.51. The normalized spacial score (nSPS) is 20.2. The maximum absolute atomic E-state index is 9.18. The van der Waals surface area contributed by atoms with E-state index in [0.717, 1.165) is 44.9 Å². The Morgan fingerprint density at radius 1 is 1.25 bits per heavy atom. The molecule has 0 radical (unpaired) electrons. The van der Waals surface area contributed by atoms with Gasteiger partial charge in [0.25, 0.3) is 0 Å². The summed E-state index contributed by atoms with van der Waals surface area (Å²) in [5.74, 6) is 0.762. The molecule has 0 aliphatic carbocycles. The molecule has 1 fully saturated rings. The zero-order valence-electron chi connectivity index (χ0n) is 10.8. The quantitative estimate of drug-likeness (QED) is 0.701. The smallest absolute Gasteiger partial charge is 0.0483 e. The zero-order chi connectivity index (χ0) is 11.9. The molecule has 3 nitrogen and oxygen atoms in total. The van der Waals surface area contributed by atoms with Gasteiger partial charge in [-0.1, -0.05) is 26.7 Å². The Kier molecular flexibility index (Phi) is 6.32. The number of rotatable bonds is 7. The van der Waals surface area contributed by atoms with E-state index in [0.29, 0.717) is 0 Å². The molecule has 16 heavy (non-hydrogen) atoms. The standard InChI is InChI=1S/C13H27NO2/c1-3-12(4-2)11-14-13(5-8-15)6-9-16-10-7-13/h12,14-15H,3-11H2,1-2H3. The summed E-state index contributed by atoms with van der Waals surface area (Å²) in [5, 5.41) is 12.9. The molecule has 0 aromatic rings. The molecular formula is C13H27NO2. The SMILES string of the molecule is CCC(CC)CNC1(CCO)CCOCC1. The van der Waals surface area contributed by atoms with E-state index in [2.05, 4.69) is 19.2 Å². The van der Waals surface area contributed by atoms with Gasteiger partial charge in [-0.25, -0.2) is 0 Å². The molecule has 0 aromatic heterocycles. The first-order chi connectivity index (χ1) is 7.76. The molecule has 1 aliphatic heterocycles. The molecule has 1 saturated heterocycles. The van der Waals surface area contributed by atoms with Crippen LogP contribution in [0, 0.1) is 5.92 Å². The summed E-state index contributed by atoms with van der Waals surface area (Å²) in [6.45, 7) is 7.51. The fourth-order valence-corrected chi connectivity index (χ4v) is 2.43. The van der Waals surface area contributed by atoms with Crippen molar-refractivity contribution in [1.82, 2.24) is 5.32 Å². The third-order valence-electron chi connectivity index (χ3n) is 3.96. The highest BCUT2D eigenvalue weighted by molar-refractivity contribution is 4.90. The van der Waals surface area contributed by atoms with Gasteiger partial charge in [-0.2, -0.15) is 0 Å². The summed E-state index contributed by atoms with van der Waals surface area (Å²) in [5.41, 5.74) is 0.135. The van der Waals surface area contributed by atoms with Crippen molar-refractivity contribution < 1.29 is 9.84 Å². The number of aliphatic hydroxyl groups excluding tert-OH is 1. The van der Waals surface area contributed by atoms with E-state index >= 15 is 0 Å². The average Bonchev–Trinajstić information content (AvgIpc) is 2.32. The van der Waals surface area contributed by atoms with Gasteiger partial charge in [0.05, 0.1) is 0 Å². The van der Waals surface area contributed by atoms with Gasteiger partial charge in [-0.15, -0.1) is 0 Å². The minimum atomic E-state index is 0.135. The summed E-state index contributed by atoms with van der Waals surface area (Å²) >= 11 is 0. The van der Waals surface area contributed by atoms with Gasteiger partial charge in [0.15, 0.2) is 0 Å². The van der Waals surface area contributed by atoms with Crippen molar-refractivity contribution in [3.05, 3.63) is 0 Å². The molecule has 0 spiro atoms. The van der Waals surface area contributed by atoms with Gasteiger partial charge < -0.3 is 15.2 Å². The van der Waals surface area contributed by atoms with Crippen molar-refractivity contribution in [2.45, 2.75) is 51.5 Å². The molecule has 0 saturated carbocycles. The highest BCUT2D eigenvalue weighted by atomic mass is 16.5. The van der Waals surface area contributed by atoms with E-state index < -0.39 is 0 Å². The number of hydrogen-bond donors (Lipinski definition) is 2. The second-order valence-corrected chi connectivity index (χ2v) is 4.93. The fraction of sp³-hybridized carbons (Fsp3) is 1.00. The predicted octanol–water partition coefficient (Wildman–Crippen LogP) is 1.94. The van der Waals surface area contributed by atoms with Gasteiger partial charge in [0.2, 0.25) is 0 Å². The second kappa shape index (κ2) is 7.25. The minimum Gasteiger partial charge on any atom is -0.396 e. The van der Waals surface area contributed by atoms with Gasteiger partial charge >= 0.3 is 0 Å². The van der Waals surface area contributed by atoms with E-state index in [1.54, 1.807) is 0 Å². The highest BCUT2D eigenvalue weighted by Crippen LogP contribution is 2.24. The lowest BCUT2D eigenvalue weighted by atomic mass is 9.86. The Morgan fingerprint density at radius 2 is 1.88 bits per heavy atom. The average molecular weight is 229 g/mol. The Bertz CT molecular complexity index is 169. The van der Waals surface area contributed by atoms with E-state index in [4.69, 9.17) is 4.74 Å². The van der Waals surface area contributed by atoms with Gasteiger partial charge in [-0.3, -0.25) is 0 Å². The summed E-state index contributed by atoms with van der Waals surface area (Å²) in [6.07, 6.45) is 5.39. The first-order valence-corrected chi connectivity index (χ1v) is 6.70. The molecule has 0 amide bonds. The maximum Gasteiger partial charge on any atom is 0.0483 e. The van der Waals surface area contributed by atoms with E-state index in [1.165, 1.54) is 12.8 Å². The molecule has 96 valence electrons. The van der Waals surface area contributed by atoms with Crippen LogP contribution >= 0.6 is 0 Å². The molecule has 1 heterocycles. The maximum atomic E-state index is 9.18. The van der Waals surface area contributed by atoms with E-state index in [9.17, 15) is 5.11 Å². The van der Waals surface area contributed by atoms with Crippen molar-refractivity contribution in [2.75, 3.05) is 26.4 Å². The lowest BCUT2D eigenvalue weighted by molar-refractivity contribution is 0.0257. The molecular weight excluding hydrogens is 202 g/mol. The summed E-state index contributed by atoms with van der Waals surface area (Å²) in [4.78, 5) is 0. The van der Waals surface area contributed by atoms with Crippen molar-refractivity contribution in [3.8, 4) is 0 Å². The fourth-order valence-electron chi connectivity index (χ4n) is 2.43. The second-order valence-electron chi connectivity index (χ2n) is 4.93. The van der Waals surface area contributed by atoms with Crippen molar-refractivity contribution in [3.63, 3.8) is 0 Å². The van der Waals surface area contributed by atoms with Gasteiger partial charge in [0, 0.05) is 25.4 Å². The third-order valence-corrected chi connectivity index (χ3v) is 3.96.